The number of rotatable bonds is 5. The minimum atomic E-state index is -1.36. The van der Waals surface area contributed by atoms with Crippen LogP contribution in [0.15, 0.2) is 39.9 Å². The van der Waals surface area contributed by atoms with Crippen molar-refractivity contribution in [1.29, 1.82) is 0 Å². The molecule has 30 heavy (non-hydrogen) atoms. The molecule has 0 unspecified atom stereocenters. The van der Waals surface area contributed by atoms with Crippen LogP contribution in [0, 0.1) is 0 Å². The first kappa shape index (κ1) is 20.6. The molecule has 1 aliphatic heterocycles. The van der Waals surface area contributed by atoms with E-state index >= 15 is 0 Å². The molecule has 0 spiro atoms. The molecule has 0 bridgehead atoms. The molecule has 0 radical (unpaired) electrons. The number of nitrogens with one attached hydrogen (secondary N) is 2. The predicted octanol–water partition coefficient (Wildman–Crippen LogP) is -0.325. The second-order valence-corrected chi connectivity index (χ2v) is 7.73. The number of carbonyl (C=O) groups excluding carboxylic acids is 1. The van der Waals surface area contributed by atoms with Crippen LogP contribution in [0.25, 0.3) is 11.2 Å². The van der Waals surface area contributed by atoms with Crippen LogP contribution in [-0.4, -0.2) is 65.7 Å². The molecule has 11 nitrogen and oxygen atoms in total. The summed E-state index contributed by atoms with van der Waals surface area (Å²) in [5.41, 5.74) is 0.200. The van der Waals surface area contributed by atoms with Gasteiger partial charge in [0.25, 0.3) is 5.56 Å². The molecule has 4 atom stereocenters. The SMILES string of the molecule is O=C(Cc1ccc(Br)cc1)Nc1nc2c(ncn2[C@@H]2O[C@H](CO)[C@@H](O)[C@H]2O)c(=O)[nH]1. The number of amides is 1. The summed E-state index contributed by atoms with van der Waals surface area (Å²) in [7, 11) is 0. The number of halogens is 1. The number of anilines is 1. The van der Waals surface area contributed by atoms with Crippen LogP contribution in [0.1, 0.15) is 11.8 Å². The summed E-state index contributed by atoms with van der Waals surface area (Å²) < 4.78 is 7.63. The van der Waals surface area contributed by atoms with E-state index in [9.17, 15) is 24.9 Å². The molecule has 5 N–H and O–H groups in total. The minimum Gasteiger partial charge on any atom is -0.394 e. The van der Waals surface area contributed by atoms with Crippen molar-refractivity contribution in [3.63, 3.8) is 0 Å². The first-order valence-corrected chi connectivity index (χ1v) is 9.80. The summed E-state index contributed by atoms with van der Waals surface area (Å²) in [6, 6.07) is 7.21. The molecule has 1 aliphatic rings. The number of fused-ring (bicyclic) bond motifs is 1. The Labute approximate surface area is 177 Å². The lowest BCUT2D eigenvalue weighted by Crippen LogP contribution is -2.33. The molecule has 1 amide bonds. The molecule has 3 heterocycles. The fourth-order valence-corrected chi connectivity index (χ4v) is 3.51. The summed E-state index contributed by atoms with van der Waals surface area (Å²) in [5, 5.41) is 32.0. The van der Waals surface area contributed by atoms with E-state index in [1.165, 1.54) is 10.9 Å². The van der Waals surface area contributed by atoms with Gasteiger partial charge in [0.1, 0.15) is 18.3 Å². The maximum atomic E-state index is 12.4. The van der Waals surface area contributed by atoms with Gasteiger partial charge in [-0.3, -0.25) is 24.5 Å². The minimum absolute atomic E-state index is 0.0290. The number of benzene rings is 1. The third kappa shape index (κ3) is 3.87. The topological polar surface area (TPSA) is 163 Å². The number of aliphatic hydroxyl groups excluding tert-OH is 3. The molecule has 158 valence electrons. The van der Waals surface area contributed by atoms with Gasteiger partial charge >= 0.3 is 0 Å². The number of aromatic amines is 1. The number of ether oxygens (including phenoxy) is 1. The van der Waals surface area contributed by atoms with Crippen LogP contribution in [0.4, 0.5) is 5.95 Å². The number of aliphatic hydroxyl groups is 3. The molecule has 12 heteroatoms. The lowest BCUT2D eigenvalue weighted by molar-refractivity contribution is -0.115. The quantitative estimate of drug-likeness (QED) is 0.332. The molecule has 0 aliphatic carbocycles. The van der Waals surface area contributed by atoms with Crippen molar-refractivity contribution in [2.24, 2.45) is 0 Å². The fraction of sp³-hybridized carbons (Fsp3) is 0.333. The van der Waals surface area contributed by atoms with Crippen LogP contribution in [0.2, 0.25) is 0 Å². The van der Waals surface area contributed by atoms with E-state index in [1.807, 2.05) is 12.1 Å². The zero-order chi connectivity index (χ0) is 21.4. The lowest BCUT2D eigenvalue weighted by Gasteiger charge is -2.16. The van der Waals surface area contributed by atoms with Crippen LogP contribution in [0.3, 0.4) is 0 Å². The van der Waals surface area contributed by atoms with E-state index in [-0.39, 0.29) is 29.4 Å². The number of nitrogens with zero attached hydrogens (tertiary/aromatic N) is 3. The monoisotopic (exact) mass is 479 g/mol. The largest absolute Gasteiger partial charge is 0.394 e. The number of aromatic nitrogens is 4. The molecular weight excluding hydrogens is 462 g/mol. The second-order valence-electron chi connectivity index (χ2n) is 6.82. The third-order valence-electron chi connectivity index (χ3n) is 4.76. The van der Waals surface area contributed by atoms with Gasteiger partial charge in [-0.05, 0) is 17.7 Å². The average Bonchev–Trinajstić information content (AvgIpc) is 3.25. The van der Waals surface area contributed by atoms with Gasteiger partial charge in [-0.25, -0.2) is 4.98 Å². The Bertz CT molecular complexity index is 1130. The molecule has 3 aromatic rings. The van der Waals surface area contributed by atoms with E-state index in [4.69, 9.17) is 4.74 Å². The Morgan fingerprint density at radius 3 is 2.67 bits per heavy atom. The summed E-state index contributed by atoms with van der Waals surface area (Å²) in [6.45, 7) is -0.493. The summed E-state index contributed by atoms with van der Waals surface area (Å²) in [4.78, 5) is 35.3. The highest BCUT2D eigenvalue weighted by Gasteiger charge is 2.44. The zero-order valence-corrected chi connectivity index (χ0v) is 17.0. The Kier molecular flexibility index (Phi) is 5.66. The van der Waals surface area contributed by atoms with Crippen molar-refractivity contribution in [3.05, 3.63) is 51.0 Å². The van der Waals surface area contributed by atoms with E-state index < -0.39 is 36.7 Å². The Morgan fingerprint density at radius 1 is 1.27 bits per heavy atom. The number of H-pyrrole nitrogens is 1. The molecule has 4 rings (SSSR count). The van der Waals surface area contributed by atoms with Crippen LogP contribution < -0.4 is 10.9 Å². The van der Waals surface area contributed by atoms with Crippen LogP contribution in [-0.2, 0) is 16.0 Å². The van der Waals surface area contributed by atoms with E-state index in [0.29, 0.717) is 0 Å². The lowest BCUT2D eigenvalue weighted by atomic mass is 10.1. The van der Waals surface area contributed by atoms with Crippen molar-refractivity contribution >= 4 is 38.9 Å². The third-order valence-corrected chi connectivity index (χ3v) is 5.29. The fourth-order valence-electron chi connectivity index (χ4n) is 3.25. The molecule has 1 aromatic carbocycles. The van der Waals surface area contributed by atoms with Crippen molar-refractivity contribution < 1.29 is 24.9 Å². The van der Waals surface area contributed by atoms with Gasteiger partial charge in [0.15, 0.2) is 17.4 Å². The number of imidazole rings is 1. The summed E-state index contributed by atoms with van der Waals surface area (Å²) in [5.74, 6) is -0.484. The molecule has 2 aromatic heterocycles. The first-order valence-electron chi connectivity index (χ1n) is 9.01. The molecule has 0 saturated carbocycles. The van der Waals surface area contributed by atoms with Gasteiger partial charge in [0.2, 0.25) is 11.9 Å². The molecular formula is C18H18BrN5O6. The number of hydrogen-bond donors (Lipinski definition) is 5. The highest BCUT2D eigenvalue weighted by molar-refractivity contribution is 9.10. The highest BCUT2D eigenvalue weighted by atomic mass is 79.9. The summed E-state index contributed by atoms with van der Waals surface area (Å²) >= 11 is 3.33. The maximum Gasteiger partial charge on any atom is 0.280 e. The predicted molar refractivity (Wildman–Crippen MR) is 108 cm³/mol. The highest BCUT2D eigenvalue weighted by Crippen LogP contribution is 2.30. The van der Waals surface area contributed by atoms with Crippen molar-refractivity contribution in [2.45, 2.75) is 31.0 Å². The van der Waals surface area contributed by atoms with Gasteiger partial charge in [0.05, 0.1) is 19.4 Å². The Hall–Kier alpha value is -2.64. The average molecular weight is 480 g/mol. The smallest absolute Gasteiger partial charge is 0.280 e. The number of hydrogen-bond acceptors (Lipinski definition) is 8. The van der Waals surface area contributed by atoms with Crippen molar-refractivity contribution in [2.75, 3.05) is 11.9 Å². The van der Waals surface area contributed by atoms with Crippen molar-refractivity contribution in [1.82, 2.24) is 19.5 Å². The maximum absolute atomic E-state index is 12.4. The van der Waals surface area contributed by atoms with Gasteiger partial charge < -0.3 is 20.1 Å². The van der Waals surface area contributed by atoms with E-state index in [0.717, 1.165) is 10.0 Å². The van der Waals surface area contributed by atoms with Gasteiger partial charge in [-0.2, -0.15) is 4.98 Å². The van der Waals surface area contributed by atoms with Crippen LogP contribution >= 0.6 is 15.9 Å². The Balaban J connectivity index is 1.60. The summed E-state index contributed by atoms with van der Waals surface area (Å²) in [6.07, 6.45) is -3.47. The van der Waals surface area contributed by atoms with Gasteiger partial charge in [-0.15, -0.1) is 0 Å². The molecule has 1 fully saturated rings. The van der Waals surface area contributed by atoms with Crippen LogP contribution in [0.5, 0.6) is 0 Å². The van der Waals surface area contributed by atoms with Gasteiger partial charge in [0, 0.05) is 4.47 Å². The molecule has 1 saturated heterocycles. The van der Waals surface area contributed by atoms with Crippen molar-refractivity contribution in [3.8, 4) is 0 Å². The van der Waals surface area contributed by atoms with E-state index in [2.05, 4.69) is 36.2 Å². The normalized spacial score (nSPS) is 23.7. The van der Waals surface area contributed by atoms with Gasteiger partial charge in [-0.1, -0.05) is 28.1 Å². The number of carbonyl (C=O) groups is 1. The van der Waals surface area contributed by atoms with E-state index in [1.54, 1.807) is 12.1 Å². The Morgan fingerprint density at radius 2 is 2.00 bits per heavy atom. The first-order chi connectivity index (χ1) is 14.4. The zero-order valence-electron chi connectivity index (χ0n) is 15.4. The second kappa shape index (κ2) is 8.24. The standard InChI is InChI=1S/C18H18BrN5O6/c19-9-3-1-8(2-4-9)5-11(26)21-18-22-15-12(16(29)23-18)20-7-24(15)17-14(28)13(27)10(6-25)30-17/h1-4,7,10,13-14,17,25,27-28H,5-6H2,(H2,21,22,23,26,29)/t10-,13-,14-,17-/m1/s1.